The highest BCUT2D eigenvalue weighted by Crippen LogP contribution is 2.21. The third-order valence-corrected chi connectivity index (χ3v) is 2.09. The first-order chi connectivity index (χ1) is 7.15. The van der Waals surface area contributed by atoms with Gasteiger partial charge in [-0.25, -0.2) is 9.97 Å². The highest BCUT2D eigenvalue weighted by Gasteiger charge is 2.05. The van der Waals surface area contributed by atoms with E-state index in [1.54, 1.807) is 13.1 Å². The van der Waals surface area contributed by atoms with E-state index >= 15 is 0 Å². The van der Waals surface area contributed by atoms with Crippen molar-refractivity contribution in [2.24, 2.45) is 0 Å². The second-order valence-electron chi connectivity index (χ2n) is 3.17. The van der Waals surface area contributed by atoms with E-state index in [0.717, 1.165) is 5.69 Å². The number of rotatable bonds is 2. The Morgan fingerprint density at radius 1 is 1.40 bits per heavy atom. The highest BCUT2D eigenvalue weighted by molar-refractivity contribution is 6.32. The molecule has 0 aromatic carbocycles. The van der Waals surface area contributed by atoms with E-state index in [1.165, 1.54) is 0 Å². The van der Waals surface area contributed by atoms with E-state index in [1.807, 2.05) is 13.0 Å². The quantitative estimate of drug-likeness (QED) is 0.819. The molecule has 2 aromatic heterocycles. The zero-order valence-corrected chi connectivity index (χ0v) is 9.13. The fourth-order valence-corrected chi connectivity index (χ4v) is 1.28. The summed E-state index contributed by atoms with van der Waals surface area (Å²) < 4.78 is 0. The van der Waals surface area contributed by atoms with Crippen molar-refractivity contribution in [2.75, 3.05) is 5.32 Å². The van der Waals surface area contributed by atoms with Gasteiger partial charge in [-0.2, -0.15) is 5.10 Å². The molecule has 6 heteroatoms. The van der Waals surface area contributed by atoms with Crippen molar-refractivity contribution in [2.45, 2.75) is 13.8 Å². The molecule has 2 aromatic rings. The van der Waals surface area contributed by atoms with Crippen molar-refractivity contribution in [3.05, 3.63) is 28.8 Å². The standard InChI is InChI=1S/C9H10ClN5/c1-5-3-8(15-14-5)13-9-7(10)4-11-6(2)12-9/h3-4H,1-2H3,(H2,11,12,13,14,15). The van der Waals surface area contributed by atoms with Crippen LogP contribution in [0.1, 0.15) is 11.5 Å². The number of aromatic amines is 1. The lowest BCUT2D eigenvalue weighted by molar-refractivity contribution is 1.03. The van der Waals surface area contributed by atoms with Gasteiger partial charge in [0.25, 0.3) is 0 Å². The average molecular weight is 224 g/mol. The van der Waals surface area contributed by atoms with E-state index in [4.69, 9.17) is 11.6 Å². The minimum atomic E-state index is 0.473. The maximum Gasteiger partial charge on any atom is 0.154 e. The lowest BCUT2D eigenvalue weighted by atomic mass is 10.4. The zero-order valence-electron chi connectivity index (χ0n) is 8.37. The highest BCUT2D eigenvalue weighted by atomic mass is 35.5. The van der Waals surface area contributed by atoms with Gasteiger partial charge in [-0.3, -0.25) is 5.10 Å². The summed E-state index contributed by atoms with van der Waals surface area (Å²) >= 11 is 5.93. The van der Waals surface area contributed by atoms with Gasteiger partial charge in [-0.05, 0) is 13.8 Å². The molecule has 0 fully saturated rings. The van der Waals surface area contributed by atoms with E-state index in [9.17, 15) is 0 Å². The monoisotopic (exact) mass is 223 g/mol. The molecule has 0 spiro atoms. The second kappa shape index (κ2) is 3.86. The predicted molar refractivity (Wildman–Crippen MR) is 58.4 cm³/mol. The van der Waals surface area contributed by atoms with E-state index < -0.39 is 0 Å². The Bertz CT molecular complexity index is 479. The van der Waals surface area contributed by atoms with Gasteiger partial charge in [0.05, 0.1) is 6.20 Å². The molecule has 0 bridgehead atoms. The Morgan fingerprint density at radius 3 is 2.87 bits per heavy atom. The van der Waals surface area contributed by atoms with Gasteiger partial charge in [0.15, 0.2) is 11.6 Å². The molecule has 0 aliphatic heterocycles. The molecule has 5 nitrogen and oxygen atoms in total. The average Bonchev–Trinajstić information content (AvgIpc) is 2.58. The molecule has 2 heterocycles. The number of anilines is 2. The van der Waals surface area contributed by atoms with Crippen LogP contribution in [0.3, 0.4) is 0 Å². The second-order valence-corrected chi connectivity index (χ2v) is 3.58. The van der Waals surface area contributed by atoms with Crippen LogP contribution in [0.25, 0.3) is 0 Å². The molecule has 0 saturated carbocycles. The third kappa shape index (κ3) is 2.24. The molecule has 0 aliphatic rings. The number of H-pyrrole nitrogens is 1. The smallest absolute Gasteiger partial charge is 0.154 e. The fourth-order valence-electron chi connectivity index (χ4n) is 1.15. The van der Waals surface area contributed by atoms with Gasteiger partial charge in [0.1, 0.15) is 10.8 Å². The normalized spacial score (nSPS) is 10.3. The predicted octanol–water partition coefficient (Wildman–Crippen LogP) is 2.21. The fraction of sp³-hybridized carbons (Fsp3) is 0.222. The van der Waals surface area contributed by atoms with E-state index in [2.05, 4.69) is 25.5 Å². The topological polar surface area (TPSA) is 66.5 Å². The van der Waals surface area contributed by atoms with Crippen molar-refractivity contribution < 1.29 is 0 Å². The molecule has 0 amide bonds. The minimum absolute atomic E-state index is 0.473. The largest absolute Gasteiger partial charge is 0.322 e. The van der Waals surface area contributed by atoms with Crippen molar-refractivity contribution in [3.8, 4) is 0 Å². The summed E-state index contributed by atoms with van der Waals surface area (Å²) in [5.74, 6) is 1.91. The van der Waals surface area contributed by atoms with Crippen LogP contribution in [0.5, 0.6) is 0 Å². The van der Waals surface area contributed by atoms with Crippen LogP contribution in [0, 0.1) is 13.8 Å². The molecule has 15 heavy (non-hydrogen) atoms. The summed E-state index contributed by atoms with van der Waals surface area (Å²) in [7, 11) is 0. The molecule has 0 atom stereocenters. The van der Waals surface area contributed by atoms with Crippen molar-refractivity contribution in [1.29, 1.82) is 0 Å². The van der Waals surface area contributed by atoms with Crippen LogP contribution in [0.2, 0.25) is 5.02 Å². The number of aromatic nitrogens is 4. The van der Waals surface area contributed by atoms with Gasteiger partial charge in [0.2, 0.25) is 0 Å². The summed E-state index contributed by atoms with van der Waals surface area (Å²) in [5.41, 5.74) is 0.972. The van der Waals surface area contributed by atoms with Crippen molar-refractivity contribution in [1.82, 2.24) is 20.2 Å². The SMILES string of the molecule is Cc1ncc(Cl)c(Nc2cc(C)[nH]n2)n1. The van der Waals surface area contributed by atoms with Gasteiger partial charge in [0, 0.05) is 11.8 Å². The molecule has 0 saturated heterocycles. The molecule has 2 rings (SSSR count). The zero-order chi connectivity index (χ0) is 10.8. The Kier molecular flexibility index (Phi) is 2.55. The van der Waals surface area contributed by atoms with Crippen molar-refractivity contribution >= 4 is 23.2 Å². The van der Waals surface area contributed by atoms with E-state index in [-0.39, 0.29) is 0 Å². The molecule has 2 N–H and O–H groups in total. The number of hydrogen-bond donors (Lipinski definition) is 2. The first kappa shape index (κ1) is 9.92. The number of halogens is 1. The van der Waals surface area contributed by atoms with Crippen LogP contribution in [-0.2, 0) is 0 Å². The first-order valence-electron chi connectivity index (χ1n) is 4.43. The van der Waals surface area contributed by atoms with Gasteiger partial charge < -0.3 is 5.32 Å². The maximum absolute atomic E-state index is 5.93. The lowest BCUT2D eigenvalue weighted by Crippen LogP contribution is -1.97. The molecule has 78 valence electrons. The lowest BCUT2D eigenvalue weighted by Gasteiger charge is -2.03. The summed E-state index contributed by atoms with van der Waals surface area (Å²) in [6, 6.07) is 1.87. The van der Waals surface area contributed by atoms with Crippen LogP contribution >= 0.6 is 11.6 Å². The molecule has 0 radical (unpaired) electrons. The summed E-state index contributed by atoms with van der Waals surface area (Å²) in [6.45, 7) is 3.72. The Labute approximate surface area is 91.9 Å². The van der Waals surface area contributed by atoms with Gasteiger partial charge in [-0.15, -0.1) is 0 Å². The molecule has 0 aliphatic carbocycles. The van der Waals surface area contributed by atoms with Crippen molar-refractivity contribution in [3.63, 3.8) is 0 Å². The molecule has 0 unspecified atom stereocenters. The molecular formula is C9H10ClN5. The number of hydrogen-bond acceptors (Lipinski definition) is 4. The van der Waals surface area contributed by atoms with Crippen LogP contribution in [-0.4, -0.2) is 20.2 Å². The van der Waals surface area contributed by atoms with Gasteiger partial charge in [-0.1, -0.05) is 11.6 Å². The number of nitrogens with zero attached hydrogens (tertiary/aromatic N) is 3. The first-order valence-corrected chi connectivity index (χ1v) is 4.81. The molecular weight excluding hydrogens is 214 g/mol. The van der Waals surface area contributed by atoms with Crippen LogP contribution in [0.4, 0.5) is 11.6 Å². The third-order valence-electron chi connectivity index (χ3n) is 1.82. The Morgan fingerprint density at radius 2 is 2.20 bits per heavy atom. The van der Waals surface area contributed by atoms with Gasteiger partial charge >= 0.3 is 0 Å². The number of aryl methyl sites for hydroxylation is 2. The van der Waals surface area contributed by atoms with E-state index in [0.29, 0.717) is 22.5 Å². The summed E-state index contributed by atoms with van der Waals surface area (Å²) in [5, 5.41) is 10.3. The minimum Gasteiger partial charge on any atom is -0.322 e. The summed E-state index contributed by atoms with van der Waals surface area (Å²) in [4.78, 5) is 8.14. The maximum atomic E-state index is 5.93. The number of nitrogens with one attached hydrogen (secondary N) is 2. The Balaban J connectivity index is 2.27. The van der Waals surface area contributed by atoms with Crippen LogP contribution < -0.4 is 5.32 Å². The van der Waals surface area contributed by atoms with Crippen LogP contribution in [0.15, 0.2) is 12.3 Å². The Hall–Kier alpha value is -1.62. The summed E-state index contributed by atoms with van der Waals surface area (Å²) in [6.07, 6.45) is 1.56.